The van der Waals surface area contributed by atoms with E-state index < -0.39 is 10.0 Å². The summed E-state index contributed by atoms with van der Waals surface area (Å²) < 4.78 is 0. The van der Waals surface area contributed by atoms with Crippen molar-refractivity contribution in [2.45, 2.75) is 116 Å². The van der Waals surface area contributed by atoms with Gasteiger partial charge in [0, 0.05) is 10.5 Å². The summed E-state index contributed by atoms with van der Waals surface area (Å²) in [6.07, 6.45) is 11.7. The normalized spacial score (nSPS) is 22.6. The van der Waals surface area contributed by atoms with E-state index in [0.717, 1.165) is 0 Å². The summed E-state index contributed by atoms with van der Waals surface area (Å²) in [5, 5.41) is 1.24. The van der Waals surface area contributed by atoms with E-state index in [1.54, 1.807) is 38.9 Å². The summed E-state index contributed by atoms with van der Waals surface area (Å²) in [6, 6.07) is 29.2. The molecular weight excluding hydrogens is 597 g/mol. The number of rotatable bonds is 5. The van der Waals surface area contributed by atoms with E-state index in [4.69, 9.17) is 0 Å². The van der Waals surface area contributed by atoms with Gasteiger partial charge in [-0.1, -0.05) is 135 Å². The Morgan fingerprint density at radius 3 is 1.83 bits per heavy atom. The van der Waals surface area contributed by atoms with Crippen LogP contribution >= 0.6 is 10.0 Å². The lowest BCUT2D eigenvalue weighted by Gasteiger charge is -2.49. The van der Waals surface area contributed by atoms with Crippen molar-refractivity contribution >= 4 is 10.0 Å². The third-order valence-corrected chi connectivity index (χ3v) is 16.4. The Morgan fingerprint density at radius 1 is 0.646 bits per heavy atom. The number of benzene rings is 4. The molecule has 0 heterocycles. The molecule has 0 saturated heterocycles. The quantitative estimate of drug-likeness (QED) is 0.200. The summed E-state index contributed by atoms with van der Waals surface area (Å²) in [5.74, 6) is 1.98. The van der Waals surface area contributed by atoms with Crippen LogP contribution in [0.1, 0.15) is 124 Å². The lowest BCUT2D eigenvalue weighted by molar-refractivity contribution is 0.393. The number of hydrogen-bond acceptors (Lipinski definition) is 0. The zero-order valence-electron chi connectivity index (χ0n) is 31.8. The fourth-order valence-corrected chi connectivity index (χ4v) is 14.7. The first-order valence-corrected chi connectivity index (χ1v) is 21.4. The van der Waals surface area contributed by atoms with Crippen LogP contribution in [0.5, 0.6) is 0 Å². The molecule has 4 unspecified atom stereocenters. The molecule has 3 aliphatic carbocycles. The number of hydrogen-bond donors (Lipinski definition) is 0. The predicted molar refractivity (Wildman–Crippen MR) is 213 cm³/mol. The molecule has 0 aromatic heterocycles. The monoisotopic (exact) mass is 656 g/mol. The Kier molecular flexibility index (Phi) is 8.38. The minimum absolute atomic E-state index is 0.169. The van der Waals surface area contributed by atoms with Gasteiger partial charge in [-0.2, -0.15) is 0 Å². The average Bonchev–Trinajstić information content (AvgIpc) is 3.74. The summed E-state index contributed by atoms with van der Waals surface area (Å²) in [6.45, 7) is 21.5. The van der Waals surface area contributed by atoms with Gasteiger partial charge in [-0.25, -0.2) is 10.0 Å². The van der Waals surface area contributed by atoms with Gasteiger partial charge in [-0.3, -0.25) is 0 Å². The molecule has 0 bridgehead atoms. The SMILES string of the molecule is CC(C)C1Cc2c(-c3ccc(C(C)(C)C)cc3)cccc2C1S(C)(C)C1c2cc3c(c(-c4ccc(C(C)(C)C)cc4)c2CC1C)CCC3. The second-order valence-corrected chi connectivity index (χ2v) is 22.5. The van der Waals surface area contributed by atoms with Gasteiger partial charge < -0.3 is 0 Å². The largest absolute Gasteiger partial charge is 0.233 e. The first-order chi connectivity index (χ1) is 22.6. The van der Waals surface area contributed by atoms with Gasteiger partial charge in [0.05, 0.1) is 0 Å². The molecule has 0 radical (unpaired) electrons. The van der Waals surface area contributed by atoms with Crippen LogP contribution in [-0.2, 0) is 36.5 Å². The third kappa shape index (κ3) is 5.61. The van der Waals surface area contributed by atoms with Crippen molar-refractivity contribution in [3.8, 4) is 22.3 Å². The smallest absolute Gasteiger partial charge is 0.0177 e. The zero-order chi connectivity index (χ0) is 34.3. The highest BCUT2D eigenvalue weighted by molar-refractivity contribution is 8.33. The molecule has 4 aromatic carbocycles. The molecule has 254 valence electrons. The Hall–Kier alpha value is -2.77. The van der Waals surface area contributed by atoms with Gasteiger partial charge in [-0.05, 0) is 140 Å². The summed E-state index contributed by atoms with van der Waals surface area (Å²) in [7, 11) is -1.08. The van der Waals surface area contributed by atoms with Crippen molar-refractivity contribution in [1.29, 1.82) is 0 Å². The molecule has 0 spiro atoms. The minimum Gasteiger partial charge on any atom is -0.233 e. The topological polar surface area (TPSA) is 0 Å². The molecule has 0 amide bonds. The molecule has 0 saturated carbocycles. The molecule has 0 fully saturated rings. The van der Waals surface area contributed by atoms with Crippen LogP contribution in [0, 0.1) is 17.8 Å². The number of aryl methyl sites for hydroxylation is 1. The molecule has 0 aliphatic heterocycles. The fraction of sp³-hybridized carbons (Fsp3) is 0.489. The Bertz CT molecular complexity index is 1820. The second-order valence-electron chi connectivity index (χ2n) is 18.5. The van der Waals surface area contributed by atoms with E-state index in [9.17, 15) is 0 Å². The molecule has 4 atom stereocenters. The van der Waals surface area contributed by atoms with Gasteiger partial charge >= 0.3 is 0 Å². The standard InChI is InChI=1S/C47H60S/c1-29(2)39-28-40-36(31-18-22-34(23-19-31)46(4,5)6)15-13-17-38(40)45(39)48(10,11)44-30(3)26-41-42(44)27-33-14-12-16-37(33)43(41)32-20-24-35(25-21-32)47(7,8)9/h13,15,17-25,27,29-30,39,44-45H,12,14,16,26,28H2,1-11H3. The lowest BCUT2D eigenvalue weighted by atomic mass is 9.84. The van der Waals surface area contributed by atoms with Gasteiger partial charge in [0.2, 0.25) is 0 Å². The Morgan fingerprint density at radius 2 is 1.25 bits per heavy atom. The van der Waals surface area contributed by atoms with E-state index in [2.05, 4.69) is 148 Å². The maximum atomic E-state index is 2.73. The molecule has 0 N–H and O–H groups in total. The van der Waals surface area contributed by atoms with E-state index in [0.29, 0.717) is 28.3 Å². The van der Waals surface area contributed by atoms with Crippen molar-refractivity contribution in [2.24, 2.45) is 17.8 Å². The van der Waals surface area contributed by atoms with Crippen LogP contribution in [0.15, 0.2) is 72.8 Å². The van der Waals surface area contributed by atoms with Crippen LogP contribution in [-0.4, -0.2) is 12.5 Å². The highest BCUT2D eigenvalue weighted by Crippen LogP contribution is 2.74. The number of fused-ring (bicyclic) bond motifs is 3. The van der Waals surface area contributed by atoms with E-state index in [1.165, 1.54) is 59.9 Å². The second kappa shape index (κ2) is 11.9. The predicted octanol–water partition coefficient (Wildman–Crippen LogP) is 13.0. The lowest BCUT2D eigenvalue weighted by Crippen LogP contribution is -2.25. The Balaban J connectivity index is 1.33. The van der Waals surface area contributed by atoms with E-state index in [1.807, 2.05) is 0 Å². The van der Waals surface area contributed by atoms with Gasteiger partial charge in [0.15, 0.2) is 0 Å². The van der Waals surface area contributed by atoms with E-state index in [-0.39, 0.29) is 10.8 Å². The van der Waals surface area contributed by atoms with Crippen molar-refractivity contribution < 1.29 is 0 Å². The molecule has 0 nitrogen and oxygen atoms in total. The van der Waals surface area contributed by atoms with Crippen molar-refractivity contribution in [1.82, 2.24) is 0 Å². The zero-order valence-corrected chi connectivity index (χ0v) is 32.6. The van der Waals surface area contributed by atoms with Gasteiger partial charge in [0.25, 0.3) is 0 Å². The molecule has 3 aliphatic rings. The van der Waals surface area contributed by atoms with Crippen LogP contribution in [0.4, 0.5) is 0 Å². The van der Waals surface area contributed by atoms with Crippen molar-refractivity contribution in [3.63, 3.8) is 0 Å². The van der Waals surface area contributed by atoms with Crippen molar-refractivity contribution in [3.05, 3.63) is 117 Å². The first kappa shape index (κ1) is 33.7. The van der Waals surface area contributed by atoms with E-state index >= 15 is 0 Å². The molecular formula is C47H60S. The third-order valence-electron chi connectivity index (χ3n) is 12.5. The van der Waals surface area contributed by atoms with Crippen molar-refractivity contribution in [2.75, 3.05) is 12.5 Å². The maximum Gasteiger partial charge on any atom is 0.0177 e. The highest BCUT2D eigenvalue weighted by atomic mass is 32.3. The Labute approximate surface area is 294 Å². The van der Waals surface area contributed by atoms with Crippen LogP contribution < -0.4 is 0 Å². The van der Waals surface area contributed by atoms with Crippen LogP contribution in [0.3, 0.4) is 0 Å². The summed E-state index contributed by atoms with van der Waals surface area (Å²) in [5.41, 5.74) is 19.1. The maximum absolute atomic E-state index is 2.73. The average molecular weight is 657 g/mol. The fourth-order valence-electron chi connectivity index (χ4n) is 10.0. The highest BCUT2D eigenvalue weighted by Gasteiger charge is 2.49. The molecule has 48 heavy (non-hydrogen) atoms. The summed E-state index contributed by atoms with van der Waals surface area (Å²) >= 11 is 0. The van der Waals surface area contributed by atoms with Gasteiger partial charge in [0.1, 0.15) is 0 Å². The van der Waals surface area contributed by atoms with Gasteiger partial charge in [-0.15, -0.1) is 0 Å². The molecule has 4 aromatic rings. The first-order valence-electron chi connectivity index (χ1n) is 18.8. The molecule has 1 heteroatoms. The van der Waals surface area contributed by atoms with Crippen LogP contribution in [0.2, 0.25) is 0 Å². The molecule has 7 rings (SSSR count). The summed E-state index contributed by atoms with van der Waals surface area (Å²) in [4.78, 5) is 0. The van der Waals surface area contributed by atoms with Crippen LogP contribution in [0.25, 0.3) is 22.3 Å². The minimum atomic E-state index is -1.08.